The molecule has 0 aliphatic heterocycles. The third-order valence-corrected chi connectivity index (χ3v) is 1.87. The molecule has 0 saturated carbocycles. The highest BCUT2D eigenvalue weighted by molar-refractivity contribution is 9.09. The summed E-state index contributed by atoms with van der Waals surface area (Å²) in [5, 5.41) is 0.485. The van der Waals surface area contributed by atoms with Crippen molar-refractivity contribution in [3.05, 3.63) is 11.6 Å². The summed E-state index contributed by atoms with van der Waals surface area (Å²) in [4.78, 5) is 22.8. The van der Waals surface area contributed by atoms with Crippen LogP contribution in [0.5, 0.6) is 0 Å². The van der Waals surface area contributed by atoms with E-state index in [0.717, 1.165) is 0 Å². The predicted molar refractivity (Wildman–Crippen MR) is 64.4 cm³/mol. The van der Waals surface area contributed by atoms with E-state index in [0.29, 0.717) is 10.9 Å². The van der Waals surface area contributed by atoms with Gasteiger partial charge in [-0.15, -0.1) is 0 Å². The summed E-state index contributed by atoms with van der Waals surface area (Å²) in [6.45, 7) is 5.32. The van der Waals surface area contributed by atoms with Gasteiger partial charge in [-0.25, -0.2) is 4.79 Å². The van der Waals surface area contributed by atoms with E-state index in [1.165, 1.54) is 7.11 Å². The fourth-order valence-corrected chi connectivity index (χ4v) is 1.28. The molecule has 5 heteroatoms. The van der Waals surface area contributed by atoms with Crippen LogP contribution in [0.2, 0.25) is 0 Å². The van der Waals surface area contributed by atoms with Gasteiger partial charge in [-0.2, -0.15) is 0 Å². The van der Waals surface area contributed by atoms with Crippen LogP contribution in [0.1, 0.15) is 27.2 Å². The average Bonchev–Trinajstić information content (AvgIpc) is 2.14. The lowest BCUT2D eigenvalue weighted by Gasteiger charge is -2.20. The van der Waals surface area contributed by atoms with Crippen molar-refractivity contribution < 1.29 is 19.1 Å². The molecule has 0 aromatic carbocycles. The van der Waals surface area contributed by atoms with Gasteiger partial charge in [0.15, 0.2) is 0 Å². The lowest BCUT2D eigenvalue weighted by Crippen LogP contribution is -2.25. The van der Waals surface area contributed by atoms with Crippen LogP contribution in [0.15, 0.2) is 11.6 Å². The van der Waals surface area contributed by atoms with E-state index < -0.39 is 17.5 Å². The molecule has 0 N–H and O–H groups in total. The zero-order chi connectivity index (χ0) is 12.8. The highest BCUT2D eigenvalue weighted by atomic mass is 79.9. The lowest BCUT2D eigenvalue weighted by molar-refractivity contribution is -0.152. The maximum absolute atomic E-state index is 11.7. The number of rotatable bonds is 4. The van der Waals surface area contributed by atoms with Crippen molar-refractivity contribution in [1.82, 2.24) is 0 Å². The van der Waals surface area contributed by atoms with E-state index in [-0.39, 0.29) is 6.42 Å². The minimum absolute atomic E-state index is 0.0724. The van der Waals surface area contributed by atoms with Crippen LogP contribution < -0.4 is 0 Å². The van der Waals surface area contributed by atoms with Gasteiger partial charge in [-0.1, -0.05) is 22.0 Å². The van der Waals surface area contributed by atoms with Crippen molar-refractivity contribution in [2.24, 2.45) is 0 Å². The molecule has 0 aliphatic rings. The summed E-state index contributed by atoms with van der Waals surface area (Å²) in [7, 11) is 1.28. The Balaban J connectivity index is 4.61. The van der Waals surface area contributed by atoms with Gasteiger partial charge in [-0.05, 0) is 20.8 Å². The van der Waals surface area contributed by atoms with E-state index in [1.54, 1.807) is 26.8 Å². The second-order valence-electron chi connectivity index (χ2n) is 4.14. The first-order valence-corrected chi connectivity index (χ1v) is 5.97. The number of hydrogen-bond acceptors (Lipinski definition) is 4. The van der Waals surface area contributed by atoms with Gasteiger partial charge in [0.1, 0.15) is 5.60 Å². The highest BCUT2D eigenvalue weighted by Crippen LogP contribution is 2.14. The van der Waals surface area contributed by atoms with Gasteiger partial charge in [0, 0.05) is 10.9 Å². The number of methoxy groups -OCH3 is 1. The first kappa shape index (κ1) is 15.2. The van der Waals surface area contributed by atoms with Gasteiger partial charge in [0.2, 0.25) is 0 Å². The number of alkyl halides is 1. The van der Waals surface area contributed by atoms with Crippen molar-refractivity contribution in [1.29, 1.82) is 0 Å². The van der Waals surface area contributed by atoms with E-state index in [9.17, 15) is 9.59 Å². The molecule has 0 bridgehead atoms. The summed E-state index contributed by atoms with van der Waals surface area (Å²) < 4.78 is 9.67. The topological polar surface area (TPSA) is 52.6 Å². The van der Waals surface area contributed by atoms with Gasteiger partial charge in [-0.3, -0.25) is 4.79 Å². The Morgan fingerprint density at radius 1 is 1.31 bits per heavy atom. The molecule has 0 atom stereocenters. The highest BCUT2D eigenvalue weighted by Gasteiger charge is 2.21. The Kier molecular flexibility index (Phi) is 6.33. The molecule has 0 fully saturated rings. The molecule has 4 nitrogen and oxygen atoms in total. The molecule has 92 valence electrons. The molecule has 0 rings (SSSR count). The molecule has 0 aromatic rings. The van der Waals surface area contributed by atoms with Crippen LogP contribution >= 0.6 is 15.9 Å². The maximum Gasteiger partial charge on any atom is 0.334 e. The van der Waals surface area contributed by atoms with Gasteiger partial charge in [0.05, 0.1) is 13.5 Å². The van der Waals surface area contributed by atoms with Crippen LogP contribution in [0.3, 0.4) is 0 Å². The molecule has 0 aliphatic carbocycles. The first-order chi connectivity index (χ1) is 7.30. The number of esters is 2. The maximum atomic E-state index is 11.7. The smallest absolute Gasteiger partial charge is 0.334 e. The van der Waals surface area contributed by atoms with E-state index in [4.69, 9.17) is 4.74 Å². The second kappa shape index (κ2) is 6.68. The number of carbonyl (C=O) groups is 2. The zero-order valence-electron chi connectivity index (χ0n) is 10.0. The van der Waals surface area contributed by atoms with Crippen LogP contribution in [0, 0.1) is 0 Å². The minimum Gasteiger partial charge on any atom is -0.469 e. The van der Waals surface area contributed by atoms with Crippen LogP contribution in [-0.4, -0.2) is 30.0 Å². The molecule has 16 heavy (non-hydrogen) atoms. The first-order valence-electron chi connectivity index (χ1n) is 4.85. The largest absolute Gasteiger partial charge is 0.469 e. The normalized spacial score (nSPS) is 12.2. The van der Waals surface area contributed by atoms with Crippen molar-refractivity contribution in [2.75, 3.05) is 12.4 Å². The van der Waals surface area contributed by atoms with Gasteiger partial charge in [0.25, 0.3) is 0 Å². The van der Waals surface area contributed by atoms with Crippen molar-refractivity contribution in [3.63, 3.8) is 0 Å². The summed E-state index contributed by atoms with van der Waals surface area (Å²) >= 11 is 3.17. The average molecular weight is 293 g/mol. The summed E-state index contributed by atoms with van der Waals surface area (Å²) in [6, 6.07) is 0. The fraction of sp³-hybridized carbons (Fsp3) is 0.636. The van der Waals surface area contributed by atoms with E-state index >= 15 is 0 Å². The molecule has 0 radical (unpaired) electrons. The number of carbonyl (C=O) groups excluding carboxylic acids is 2. The SMILES string of the molecule is COC(=O)C/C(=C\CBr)C(=O)OC(C)(C)C. The van der Waals surface area contributed by atoms with Crippen molar-refractivity contribution in [3.8, 4) is 0 Å². The molecular formula is C11H17BrO4. The standard InChI is InChI=1S/C11H17BrO4/c1-11(2,3)16-10(14)8(5-6-12)7-9(13)15-4/h5H,6-7H2,1-4H3/b8-5+. The summed E-state index contributed by atoms with van der Waals surface area (Å²) in [5.74, 6) is -0.949. The molecular weight excluding hydrogens is 276 g/mol. The number of hydrogen-bond donors (Lipinski definition) is 0. The third-order valence-electron chi connectivity index (χ3n) is 1.55. The van der Waals surface area contributed by atoms with Gasteiger partial charge < -0.3 is 9.47 Å². The van der Waals surface area contributed by atoms with Crippen LogP contribution in [-0.2, 0) is 19.1 Å². The summed E-state index contributed by atoms with van der Waals surface area (Å²) in [5.41, 5.74) is -0.267. The Morgan fingerprint density at radius 3 is 2.25 bits per heavy atom. The molecule has 0 aromatic heterocycles. The quantitative estimate of drug-likeness (QED) is 0.453. The van der Waals surface area contributed by atoms with Crippen LogP contribution in [0.4, 0.5) is 0 Å². The monoisotopic (exact) mass is 292 g/mol. The lowest BCUT2D eigenvalue weighted by atomic mass is 10.1. The number of halogens is 1. The fourth-order valence-electron chi connectivity index (χ4n) is 0.892. The number of ether oxygens (including phenoxy) is 2. The Labute approximate surface area is 104 Å². The molecule has 0 unspecified atom stereocenters. The Hall–Kier alpha value is -0.840. The van der Waals surface area contributed by atoms with Crippen LogP contribution in [0.25, 0.3) is 0 Å². The zero-order valence-corrected chi connectivity index (χ0v) is 11.6. The Bertz CT molecular complexity index is 289. The minimum atomic E-state index is -0.571. The summed E-state index contributed by atoms with van der Waals surface area (Å²) in [6.07, 6.45) is 1.53. The van der Waals surface area contributed by atoms with Crippen molar-refractivity contribution in [2.45, 2.75) is 32.8 Å². The van der Waals surface area contributed by atoms with E-state index in [1.807, 2.05) is 0 Å². The van der Waals surface area contributed by atoms with E-state index in [2.05, 4.69) is 20.7 Å². The van der Waals surface area contributed by atoms with Crippen molar-refractivity contribution >= 4 is 27.9 Å². The molecule has 0 saturated heterocycles. The van der Waals surface area contributed by atoms with Gasteiger partial charge >= 0.3 is 11.9 Å². The molecule has 0 heterocycles. The second-order valence-corrected chi connectivity index (χ2v) is 4.79. The predicted octanol–water partition coefficient (Wildman–Crippen LogP) is 2.21. The molecule has 0 spiro atoms. The number of allylic oxidation sites excluding steroid dienone is 1. The third kappa shape index (κ3) is 6.61. The molecule has 0 amide bonds. The Morgan fingerprint density at radius 2 is 1.88 bits per heavy atom.